The van der Waals surface area contributed by atoms with Crippen molar-refractivity contribution in [2.24, 2.45) is 0 Å². The molecule has 2 aliphatic rings. The van der Waals surface area contributed by atoms with Crippen molar-refractivity contribution in [1.29, 1.82) is 0 Å². The van der Waals surface area contributed by atoms with E-state index in [1.54, 1.807) is 48.5 Å². The number of halogens is 1. The number of nitrogens with zero attached hydrogens (tertiary/aromatic N) is 2. The smallest absolute Gasteiger partial charge is 0.264 e. The van der Waals surface area contributed by atoms with Crippen molar-refractivity contribution >= 4 is 27.5 Å². The van der Waals surface area contributed by atoms with Crippen LogP contribution >= 0.6 is 0 Å². The number of carbonyl (C=O) groups is 2. The zero-order chi connectivity index (χ0) is 33.5. The Labute approximate surface area is 280 Å². The van der Waals surface area contributed by atoms with E-state index in [1.807, 2.05) is 30.3 Å². The Balaban J connectivity index is 1.40. The summed E-state index contributed by atoms with van der Waals surface area (Å²) in [5, 5.41) is 3.15. The van der Waals surface area contributed by atoms with Gasteiger partial charge in [0.25, 0.3) is 10.0 Å². The van der Waals surface area contributed by atoms with E-state index in [1.165, 1.54) is 29.2 Å². The van der Waals surface area contributed by atoms with Gasteiger partial charge in [0, 0.05) is 25.1 Å². The van der Waals surface area contributed by atoms with Crippen LogP contribution in [-0.2, 0) is 32.6 Å². The van der Waals surface area contributed by atoms with E-state index < -0.39 is 34.3 Å². The molecule has 1 saturated carbocycles. The maximum Gasteiger partial charge on any atom is 0.264 e. The number of carbonyl (C=O) groups excluding carboxylic acids is 2. The topological polar surface area (TPSA) is 105 Å². The summed E-state index contributed by atoms with van der Waals surface area (Å²) in [5.41, 5.74) is 1.63. The van der Waals surface area contributed by atoms with Crippen molar-refractivity contribution in [2.75, 3.05) is 24.1 Å². The minimum atomic E-state index is -4.27. The molecular weight excluding hydrogens is 633 g/mol. The quantitative estimate of drug-likeness (QED) is 0.214. The summed E-state index contributed by atoms with van der Waals surface area (Å²) >= 11 is 0. The third-order valence-electron chi connectivity index (χ3n) is 8.66. The molecule has 9 nitrogen and oxygen atoms in total. The number of nitrogens with one attached hydrogen (secondary N) is 1. The van der Waals surface area contributed by atoms with Crippen LogP contribution in [0.3, 0.4) is 0 Å². The van der Waals surface area contributed by atoms with E-state index in [9.17, 15) is 22.4 Å². The summed E-state index contributed by atoms with van der Waals surface area (Å²) in [7, 11) is -4.27. The predicted octanol–water partition coefficient (Wildman–Crippen LogP) is 5.49. The van der Waals surface area contributed by atoms with Crippen LogP contribution in [0.4, 0.5) is 10.1 Å². The van der Waals surface area contributed by atoms with Crippen LogP contribution in [0.1, 0.15) is 36.8 Å². The van der Waals surface area contributed by atoms with Crippen molar-refractivity contribution in [3.63, 3.8) is 0 Å². The number of rotatable bonds is 12. The van der Waals surface area contributed by atoms with Gasteiger partial charge in [0.1, 0.15) is 31.6 Å². The lowest BCUT2D eigenvalue weighted by Crippen LogP contribution is -2.54. The fourth-order valence-corrected chi connectivity index (χ4v) is 7.57. The highest BCUT2D eigenvalue weighted by atomic mass is 32.2. The first kappa shape index (κ1) is 33.0. The molecule has 0 saturated heterocycles. The van der Waals surface area contributed by atoms with Gasteiger partial charge in [-0.15, -0.1) is 0 Å². The molecule has 1 heterocycles. The zero-order valence-corrected chi connectivity index (χ0v) is 27.3. The Morgan fingerprint density at radius 2 is 1.46 bits per heavy atom. The third-order valence-corrected chi connectivity index (χ3v) is 10.5. The third kappa shape index (κ3) is 7.79. The average Bonchev–Trinajstić information content (AvgIpc) is 3.63. The van der Waals surface area contributed by atoms with Crippen molar-refractivity contribution in [2.45, 2.75) is 55.6 Å². The normalized spacial score (nSPS) is 15.0. The average molecular weight is 672 g/mol. The molecule has 0 spiro atoms. The molecular formula is C37H38FN3O6S. The molecule has 1 aliphatic heterocycles. The highest BCUT2D eigenvalue weighted by molar-refractivity contribution is 7.92. The predicted molar refractivity (Wildman–Crippen MR) is 180 cm³/mol. The maximum absolute atomic E-state index is 14.6. The van der Waals surface area contributed by atoms with Crippen LogP contribution < -0.4 is 19.1 Å². The van der Waals surface area contributed by atoms with Gasteiger partial charge < -0.3 is 19.7 Å². The first-order valence-electron chi connectivity index (χ1n) is 16.1. The summed E-state index contributed by atoms with van der Waals surface area (Å²) < 4.78 is 54.8. The number of hydrogen-bond donors (Lipinski definition) is 1. The molecule has 6 rings (SSSR count). The summed E-state index contributed by atoms with van der Waals surface area (Å²) in [6, 6.07) is 26.7. The first-order valence-corrected chi connectivity index (χ1v) is 17.6. The largest absolute Gasteiger partial charge is 0.486 e. The van der Waals surface area contributed by atoms with Crippen LogP contribution in [0.2, 0.25) is 0 Å². The van der Waals surface area contributed by atoms with E-state index >= 15 is 0 Å². The molecule has 4 aromatic carbocycles. The molecule has 2 amide bonds. The molecule has 0 bridgehead atoms. The van der Waals surface area contributed by atoms with Gasteiger partial charge in [-0.1, -0.05) is 73.5 Å². The molecule has 1 atom stereocenters. The molecule has 1 aliphatic carbocycles. The van der Waals surface area contributed by atoms with Crippen molar-refractivity contribution in [3.8, 4) is 11.5 Å². The first-order chi connectivity index (χ1) is 23.3. The van der Waals surface area contributed by atoms with Crippen LogP contribution in [0.25, 0.3) is 0 Å². The van der Waals surface area contributed by atoms with E-state index in [0.29, 0.717) is 30.3 Å². The van der Waals surface area contributed by atoms with E-state index in [4.69, 9.17) is 9.47 Å². The van der Waals surface area contributed by atoms with E-state index in [-0.39, 0.29) is 35.5 Å². The lowest BCUT2D eigenvalue weighted by molar-refractivity contribution is -0.140. The van der Waals surface area contributed by atoms with Gasteiger partial charge >= 0.3 is 0 Å². The number of benzene rings is 4. The standard InChI is InChI=1S/C37H38FN3O6S/c38-29-17-15-28(16-18-29)25-40(33(23-27-9-3-1-4-10-27)37(43)39-30-11-7-8-12-30)36(42)26-41(48(44,45)32-13-5-2-6-14-32)31-19-20-34-35(24-31)47-22-21-46-34/h1-6,9-10,13-20,24,30,33H,7-8,11-12,21-23,25-26H2,(H,39,43)/t33-/m1/s1. The lowest BCUT2D eigenvalue weighted by atomic mass is 10.0. The minimum absolute atomic E-state index is 0.00224. The van der Waals surface area contributed by atoms with Crippen molar-refractivity contribution in [1.82, 2.24) is 10.2 Å². The van der Waals surface area contributed by atoms with E-state index in [2.05, 4.69) is 5.32 Å². The van der Waals surface area contributed by atoms with Crippen molar-refractivity contribution < 1.29 is 31.9 Å². The molecule has 250 valence electrons. The molecule has 0 radical (unpaired) electrons. The van der Waals surface area contributed by atoms with Gasteiger partial charge in [0.15, 0.2) is 11.5 Å². The molecule has 0 aromatic heterocycles. The summed E-state index contributed by atoms with van der Waals surface area (Å²) in [5.74, 6) is -0.525. The van der Waals surface area contributed by atoms with Gasteiger partial charge in [-0.2, -0.15) is 0 Å². The van der Waals surface area contributed by atoms with Crippen molar-refractivity contribution in [3.05, 3.63) is 120 Å². The number of anilines is 1. The van der Waals surface area contributed by atoms with Gasteiger partial charge in [-0.3, -0.25) is 13.9 Å². The number of ether oxygens (including phenoxy) is 2. The minimum Gasteiger partial charge on any atom is -0.486 e. The van der Waals surface area contributed by atoms with E-state index in [0.717, 1.165) is 35.6 Å². The Morgan fingerprint density at radius 3 is 2.15 bits per heavy atom. The van der Waals surface area contributed by atoms with Crippen LogP contribution in [0.15, 0.2) is 108 Å². The molecule has 48 heavy (non-hydrogen) atoms. The molecule has 1 fully saturated rings. The Kier molecular flexibility index (Phi) is 10.2. The second-order valence-corrected chi connectivity index (χ2v) is 13.9. The molecule has 1 N–H and O–H groups in total. The van der Waals surface area contributed by atoms with Gasteiger partial charge in [0.05, 0.1) is 10.6 Å². The second-order valence-electron chi connectivity index (χ2n) is 12.0. The molecule has 11 heteroatoms. The Bertz CT molecular complexity index is 1820. The monoisotopic (exact) mass is 671 g/mol. The maximum atomic E-state index is 14.6. The second kappa shape index (κ2) is 14.9. The summed E-state index contributed by atoms with van der Waals surface area (Å²) in [6.07, 6.45) is 3.91. The fraction of sp³-hybridized carbons (Fsp3) is 0.297. The summed E-state index contributed by atoms with van der Waals surface area (Å²) in [4.78, 5) is 30.2. The highest BCUT2D eigenvalue weighted by Gasteiger charge is 2.36. The van der Waals surface area contributed by atoms with Crippen LogP contribution in [0, 0.1) is 5.82 Å². The van der Waals surface area contributed by atoms with Gasteiger partial charge in [-0.05, 0) is 60.4 Å². The van der Waals surface area contributed by atoms with Gasteiger partial charge in [0.2, 0.25) is 11.8 Å². The molecule has 0 unspecified atom stereocenters. The Morgan fingerprint density at radius 1 is 0.812 bits per heavy atom. The number of hydrogen-bond acceptors (Lipinski definition) is 6. The van der Waals surface area contributed by atoms with Crippen LogP contribution in [-0.4, -0.2) is 57.0 Å². The molecule has 4 aromatic rings. The zero-order valence-electron chi connectivity index (χ0n) is 26.5. The highest BCUT2D eigenvalue weighted by Crippen LogP contribution is 2.36. The Hall–Kier alpha value is -4.90. The van der Waals surface area contributed by atoms with Gasteiger partial charge in [-0.25, -0.2) is 12.8 Å². The van der Waals surface area contributed by atoms with Crippen LogP contribution in [0.5, 0.6) is 11.5 Å². The fourth-order valence-electron chi connectivity index (χ4n) is 6.14. The summed E-state index contributed by atoms with van der Waals surface area (Å²) in [6.45, 7) is -0.000400. The number of amides is 2. The SMILES string of the molecule is O=C(NC1CCCC1)[C@@H](Cc1ccccc1)N(Cc1ccc(F)cc1)C(=O)CN(c1ccc2c(c1)OCCO2)S(=O)(=O)c1ccccc1. The number of sulfonamides is 1. The number of fused-ring (bicyclic) bond motifs is 1. The lowest BCUT2D eigenvalue weighted by Gasteiger charge is -2.34.